The van der Waals surface area contributed by atoms with Gasteiger partial charge in [0.15, 0.2) is 0 Å². The number of nitrogens with one attached hydrogen (secondary N) is 1. The number of carbonyl (C=O) groups excluding carboxylic acids is 1. The molecule has 1 aromatic carbocycles. The lowest BCUT2D eigenvalue weighted by Crippen LogP contribution is -2.46. The fraction of sp³-hybridized carbons (Fsp3) is 0.474. The highest BCUT2D eigenvalue weighted by atomic mass is 32.2. The minimum atomic E-state index is -3.76. The van der Waals surface area contributed by atoms with E-state index in [1.807, 2.05) is 30.3 Å². The number of thioether (sulfide) groups is 1. The maximum atomic E-state index is 13.0. The minimum absolute atomic E-state index is 0.0450. The number of unbranched alkanes of at least 4 members (excludes halogenated alkanes) is 3. The predicted octanol–water partition coefficient (Wildman–Crippen LogP) is 2.52. The standard InChI is InChI=1S/C19H28N3O5PS/c20-11-6-1-2-7-12-28(26,27)21-16-10-13-29-19(15-8-4-3-5-9-15)22(18(16)25)14-17(23)24/h3-5,8-10,13,16,19H,1-2,6-7,11-12,14,20H2,(H,23,24)(H2,21,26,27). The van der Waals surface area contributed by atoms with Crippen LogP contribution in [0.2, 0.25) is 0 Å². The number of amides is 1. The van der Waals surface area contributed by atoms with Crippen molar-refractivity contribution >= 4 is 31.2 Å². The zero-order valence-corrected chi connectivity index (χ0v) is 17.9. The molecule has 3 unspecified atom stereocenters. The van der Waals surface area contributed by atoms with E-state index in [-0.39, 0.29) is 6.16 Å². The second kappa shape index (κ2) is 11.5. The van der Waals surface area contributed by atoms with Crippen LogP contribution in [0.3, 0.4) is 0 Å². The fourth-order valence-electron chi connectivity index (χ4n) is 3.04. The Labute approximate surface area is 175 Å². The summed E-state index contributed by atoms with van der Waals surface area (Å²) in [7, 11) is -3.76. The average Bonchev–Trinajstić information content (AvgIpc) is 2.82. The van der Waals surface area contributed by atoms with Crippen molar-refractivity contribution in [3.05, 3.63) is 47.4 Å². The summed E-state index contributed by atoms with van der Waals surface area (Å²) in [6.45, 7) is 0.0934. The van der Waals surface area contributed by atoms with Gasteiger partial charge in [-0.2, -0.15) is 0 Å². The Hall–Kier alpha value is -1.64. The normalized spacial score (nSPS) is 21.6. The van der Waals surface area contributed by atoms with E-state index in [4.69, 9.17) is 5.73 Å². The molecule has 0 aliphatic carbocycles. The lowest BCUT2D eigenvalue weighted by Gasteiger charge is -2.30. The van der Waals surface area contributed by atoms with Gasteiger partial charge in [0.05, 0.1) is 0 Å². The van der Waals surface area contributed by atoms with Gasteiger partial charge >= 0.3 is 5.97 Å². The summed E-state index contributed by atoms with van der Waals surface area (Å²) in [6.07, 6.45) is 4.65. The number of nitrogens with zero attached hydrogens (tertiary/aromatic N) is 1. The first kappa shape index (κ1) is 23.6. The molecular weight excluding hydrogens is 413 g/mol. The first-order chi connectivity index (χ1) is 13.8. The maximum absolute atomic E-state index is 13.0. The minimum Gasteiger partial charge on any atom is -0.480 e. The number of carboxylic acids is 1. The van der Waals surface area contributed by atoms with Crippen molar-refractivity contribution in [3.63, 3.8) is 0 Å². The van der Waals surface area contributed by atoms with Gasteiger partial charge in [-0.1, -0.05) is 49.2 Å². The lowest BCUT2D eigenvalue weighted by molar-refractivity contribution is -0.145. The van der Waals surface area contributed by atoms with E-state index in [2.05, 4.69) is 5.09 Å². The number of benzene rings is 1. The number of hydrogen-bond acceptors (Lipinski definition) is 5. The van der Waals surface area contributed by atoms with Crippen LogP contribution in [0.1, 0.15) is 36.6 Å². The molecule has 10 heteroatoms. The van der Waals surface area contributed by atoms with Gasteiger partial charge < -0.3 is 20.6 Å². The molecule has 0 saturated carbocycles. The molecular formula is C19H28N3O5PS. The summed E-state index contributed by atoms with van der Waals surface area (Å²) in [5.41, 5.74) is 6.22. The molecule has 1 amide bonds. The highest BCUT2D eigenvalue weighted by Gasteiger charge is 2.36. The van der Waals surface area contributed by atoms with E-state index < -0.39 is 37.4 Å². The molecule has 0 aromatic heterocycles. The smallest absolute Gasteiger partial charge is 0.323 e. The quantitative estimate of drug-likeness (QED) is 0.304. The first-order valence-electron chi connectivity index (χ1n) is 9.53. The third-order valence-electron chi connectivity index (χ3n) is 4.46. The molecule has 8 nitrogen and oxygen atoms in total. The Bertz CT molecular complexity index is 761. The first-order valence-corrected chi connectivity index (χ1v) is 12.3. The van der Waals surface area contributed by atoms with Crippen molar-refractivity contribution in [3.8, 4) is 0 Å². The van der Waals surface area contributed by atoms with Gasteiger partial charge in [0.1, 0.15) is 18.0 Å². The SMILES string of the molecule is NCCCCCCP(=O)(O)NC1C=CSC(c2ccccc2)N(CC(=O)O)C1=O. The van der Waals surface area contributed by atoms with Crippen LogP contribution in [0.4, 0.5) is 0 Å². The summed E-state index contributed by atoms with van der Waals surface area (Å²) >= 11 is 1.29. The molecule has 0 bridgehead atoms. The molecule has 5 N–H and O–H groups in total. The van der Waals surface area contributed by atoms with Crippen LogP contribution in [0.15, 0.2) is 41.8 Å². The van der Waals surface area contributed by atoms with E-state index in [0.717, 1.165) is 24.8 Å². The maximum Gasteiger partial charge on any atom is 0.323 e. The summed E-state index contributed by atoms with van der Waals surface area (Å²) in [6, 6.07) is 8.05. The number of nitrogens with two attached hydrogens (primary N) is 1. The highest BCUT2D eigenvalue weighted by Crippen LogP contribution is 2.40. The van der Waals surface area contributed by atoms with E-state index in [1.165, 1.54) is 22.7 Å². The Kier molecular flexibility index (Phi) is 9.39. The van der Waals surface area contributed by atoms with E-state index in [9.17, 15) is 24.2 Å². The van der Waals surface area contributed by atoms with Crippen LogP contribution in [0.5, 0.6) is 0 Å². The van der Waals surface area contributed by atoms with Crippen LogP contribution in [0.25, 0.3) is 0 Å². The summed E-state index contributed by atoms with van der Waals surface area (Å²) in [4.78, 5) is 35.9. The van der Waals surface area contributed by atoms with Gasteiger partial charge in [-0.3, -0.25) is 14.2 Å². The van der Waals surface area contributed by atoms with Gasteiger partial charge in [0, 0.05) is 6.16 Å². The third-order valence-corrected chi connectivity index (χ3v) is 7.16. The van der Waals surface area contributed by atoms with Gasteiger partial charge in [0.25, 0.3) is 7.52 Å². The van der Waals surface area contributed by atoms with Crippen LogP contribution in [-0.4, -0.2) is 52.1 Å². The average molecular weight is 441 g/mol. The summed E-state index contributed by atoms with van der Waals surface area (Å²) in [5, 5.41) is 13.0. The number of carboxylic acid groups (broad SMARTS) is 1. The van der Waals surface area contributed by atoms with Gasteiger partial charge in [-0.25, -0.2) is 5.09 Å². The van der Waals surface area contributed by atoms with Crippen LogP contribution in [-0.2, 0) is 14.2 Å². The molecule has 160 valence electrons. The van der Waals surface area contributed by atoms with Crippen molar-refractivity contribution < 1.29 is 24.2 Å². The molecule has 1 aliphatic rings. The predicted molar refractivity (Wildman–Crippen MR) is 114 cm³/mol. The molecule has 0 radical (unpaired) electrons. The topological polar surface area (TPSA) is 133 Å². The second-order valence-electron chi connectivity index (χ2n) is 6.82. The van der Waals surface area contributed by atoms with Crippen molar-refractivity contribution in [1.29, 1.82) is 0 Å². The molecule has 1 aliphatic heterocycles. The van der Waals surface area contributed by atoms with Crippen LogP contribution >= 0.6 is 19.3 Å². The molecule has 2 rings (SSSR count). The van der Waals surface area contributed by atoms with Gasteiger partial charge in [0.2, 0.25) is 5.91 Å². The largest absolute Gasteiger partial charge is 0.480 e. The Morgan fingerprint density at radius 1 is 1.21 bits per heavy atom. The van der Waals surface area contributed by atoms with E-state index in [1.54, 1.807) is 5.41 Å². The Balaban J connectivity index is 2.11. The lowest BCUT2D eigenvalue weighted by atomic mass is 10.2. The molecule has 0 fully saturated rings. The van der Waals surface area contributed by atoms with Crippen molar-refractivity contribution in [1.82, 2.24) is 9.99 Å². The molecule has 1 heterocycles. The highest BCUT2D eigenvalue weighted by molar-refractivity contribution is 8.02. The number of carbonyl (C=O) groups is 2. The molecule has 3 atom stereocenters. The molecule has 1 aromatic rings. The van der Waals surface area contributed by atoms with Crippen molar-refractivity contribution in [2.75, 3.05) is 19.3 Å². The van der Waals surface area contributed by atoms with E-state index in [0.29, 0.717) is 13.0 Å². The number of hydrogen-bond donors (Lipinski definition) is 4. The second-order valence-corrected chi connectivity index (χ2v) is 9.92. The van der Waals surface area contributed by atoms with Crippen molar-refractivity contribution in [2.45, 2.75) is 37.1 Å². The fourth-order valence-corrected chi connectivity index (χ4v) is 5.48. The summed E-state index contributed by atoms with van der Waals surface area (Å²) < 4.78 is 12.5. The van der Waals surface area contributed by atoms with Crippen molar-refractivity contribution in [2.24, 2.45) is 5.73 Å². The number of aliphatic carboxylic acids is 1. The van der Waals surface area contributed by atoms with Gasteiger partial charge in [-0.05, 0) is 30.4 Å². The zero-order valence-electron chi connectivity index (χ0n) is 16.1. The molecule has 0 saturated heterocycles. The number of rotatable bonds is 11. The van der Waals surface area contributed by atoms with E-state index >= 15 is 0 Å². The molecule has 29 heavy (non-hydrogen) atoms. The van der Waals surface area contributed by atoms with Gasteiger partial charge in [-0.15, -0.1) is 11.8 Å². The Morgan fingerprint density at radius 3 is 2.55 bits per heavy atom. The summed E-state index contributed by atoms with van der Waals surface area (Å²) in [5.74, 6) is -1.69. The zero-order chi connectivity index (χ0) is 21.3. The molecule has 0 spiro atoms. The Morgan fingerprint density at radius 2 is 1.90 bits per heavy atom. The van der Waals surface area contributed by atoms with Crippen LogP contribution < -0.4 is 10.8 Å². The van der Waals surface area contributed by atoms with Crippen LogP contribution in [0, 0.1) is 0 Å². The third kappa shape index (κ3) is 7.60. The monoisotopic (exact) mass is 441 g/mol.